The predicted octanol–water partition coefficient (Wildman–Crippen LogP) is 4.62. The molecule has 1 aliphatic rings. The highest BCUT2D eigenvalue weighted by Crippen LogP contribution is 2.40. The van der Waals surface area contributed by atoms with Crippen molar-refractivity contribution < 1.29 is 4.39 Å². The van der Waals surface area contributed by atoms with Gasteiger partial charge < -0.3 is 0 Å². The van der Waals surface area contributed by atoms with Crippen LogP contribution in [0.3, 0.4) is 0 Å². The van der Waals surface area contributed by atoms with Gasteiger partial charge in [0, 0.05) is 9.89 Å². The second kappa shape index (κ2) is 4.65. The Morgan fingerprint density at radius 1 is 1.07 bits per heavy atom. The first-order valence-electron chi connectivity index (χ1n) is 5.59. The zero-order valence-electron chi connectivity index (χ0n) is 8.81. The second-order valence-electron chi connectivity index (χ2n) is 4.48. The van der Waals surface area contributed by atoms with Crippen molar-refractivity contribution in [1.82, 2.24) is 0 Å². The van der Waals surface area contributed by atoms with Crippen molar-refractivity contribution in [3.8, 4) is 0 Å². The third kappa shape index (κ3) is 2.25. The molecule has 0 aliphatic heterocycles. The Morgan fingerprint density at radius 3 is 2.20 bits per heavy atom. The molecule has 0 heterocycles. The van der Waals surface area contributed by atoms with Gasteiger partial charge in [0.05, 0.1) is 6.67 Å². The Hall–Kier alpha value is -0.370. The van der Waals surface area contributed by atoms with E-state index in [2.05, 4.69) is 28.1 Å². The maximum Gasteiger partial charge on any atom is 0.0990 e. The first-order valence-corrected chi connectivity index (χ1v) is 6.38. The minimum atomic E-state index is -0.214. The summed E-state index contributed by atoms with van der Waals surface area (Å²) in [7, 11) is 0. The average Bonchev–Trinajstić information content (AvgIpc) is 2.31. The van der Waals surface area contributed by atoms with Gasteiger partial charge in [-0.25, -0.2) is 0 Å². The highest BCUT2D eigenvalue weighted by Gasteiger charge is 2.33. The van der Waals surface area contributed by atoms with E-state index in [9.17, 15) is 4.39 Å². The fraction of sp³-hybridized carbons (Fsp3) is 0.538. The topological polar surface area (TPSA) is 0 Å². The molecule has 0 radical (unpaired) electrons. The van der Waals surface area contributed by atoms with Crippen molar-refractivity contribution in [2.45, 2.75) is 37.5 Å². The Morgan fingerprint density at radius 2 is 1.67 bits per heavy atom. The molecular weight excluding hydrogens is 255 g/mol. The van der Waals surface area contributed by atoms with E-state index in [1.165, 1.54) is 24.8 Å². The van der Waals surface area contributed by atoms with Gasteiger partial charge in [-0.3, -0.25) is 4.39 Å². The average molecular weight is 271 g/mol. The summed E-state index contributed by atoms with van der Waals surface area (Å²) >= 11 is 3.42. The standard InChI is InChI=1S/C13H16BrF/c14-12-6-4-11(5-7-12)13(10-15)8-2-1-3-9-13/h4-7H,1-3,8-10H2. The van der Waals surface area contributed by atoms with Crippen molar-refractivity contribution >= 4 is 15.9 Å². The largest absolute Gasteiger partial charge is 0.250 e. The van der Waals surface area contributed by atoms with Crippen molar-refractivity contribution in [3.05, 3.63) is 34.3 Å². The van der Waals surface area contributed by atoms with Crippen LogP contribution in [0, 0.1) is 0 Å². The molecule has 1 aliphatic carbocycles. The zero-order valence-corrected chi connectivity index (χ0v) is 10.4. The summed E-state index contributed by atoms with van der Waals surface area (Å²) in [5.41, 5.74) is 0.992. The lowest BCUT2D eigenvalue weighted by Crippen LogP contribution is -2.31. The SMILES string of the molecule is FCC1(c2ccc(Br)cc2)CCCCC1. The molecule has 0 spiro atoms. The van der Waals surface area contributed by atoms with Gasteiger partial charge in [0.2, 0.25) is 0 Å². The summed E-state index contributed by atoms with van der Waals surface area (Å²) in [6.45, 7) is -0.214. The molecule has 15 heavy (non-hydrogen) atoms. The van der Waals surface area contributed by atoms with Gasteiger partial charge in [-0.1, -0.05) is 47.3 Å². The summed E-state index contributed by atoms with van der Waals surface area (Å²) in [5, 5.41) is 0. The minimum absolute atomic E-state index is 0.182. The van der Waals surface area contributed by atoms with Gasteiger partial charge in [-0.05, 0) is 30.5 Å². The number of rotatable bonds is 2. The first-order chi connectivity index (χ1) is 7.27. The molecule has 0 nitrogen and oxygen atoms in total. The molecular formula is C13H16BrF. The molecule has 0 aromatic heterocycles. The Labute approximate surface area is 99.0 Å². The number of hydrogen-bond donors (Lipinski definition) is 0. The molecule has 0 bridgehead atoms. The number of alkyl halides is 1. The Kier molecular flexibility index (Phi) is 3.45. The lowest BCUT2D eigenvalue weighted by molar-refractivity contribution is 0.226. The fourth-order valence-electron chi connectivity index (χ4n) is 2.53. The van der Waals surface area contributed by atoms with Crippen LogP contribution in [-0.2, 0) is 5.41 Å². The maximum atomic E-state index is 13.3. The van der Waals surface area contributed by atoms with E-state index in [1.807, 2.05) is 12.1 Å². The third-order valence-corrected chi connectivity index (χ3v) is 4.05. The Bertz CT molecular complexity index is 312. The lowest BCUT2D eigenvalue weighted by atomic mass is 9.70. The van der Waals surface area contributed by atoms with Crippen LogP contribution in [0.2, 0.25) is 0 Å². The fourth-order valence-corrected chi connectivity index (χ4v) is 2.80. The third-order valence-electron chi connectivity index (χ3n) is 3.52. The van der Waals surface area contributed by atoms with E-state index < -0.39 is 0 Å². The zero-order chi connectivity index (χ0) is 10.7. The summed E-state index contributed by atoms with van der Waals surface area (Å²) in [5.74, 6) is 0. The molecule has 82 valence electrons. The Balaban J connectivity index is 2.28. The molecule has 0 atom stereocenters. The first kappa shape index (κ1) is 11.1. The van der Waals surface area contributed by atoms with Crippen LogP contribution in [0.5, 0.6) is 0 Å². The van der Waals surface area contributed by atoms with E-state index >= 15 is 0 Å². The lowest BCUT2D eigenvalue weighted by Gasteiger charge is -2.35. The number of hydrogen-bond acceptors (Lipinski definition) is 0. The van der Waals surface area contributed by atoms with E-state index in [1.54, 1.807) is 0 Å². The maximum absolute atomic E-state index is 13.3. The summed E-state index contributed by atoms with van der Waals surface area (Å²) in [4.78, 5) is 0. The van der Waals surface area contributed by atoms with Gasteiger partial charge in [0.1, 0.15) is 0 Å². The molecule has 0 saturated heterocycles. The van der Waals surface area contributed by atoms with E-state index in [-0.39, 0.29) is 12.1 Å². The molecule has 1 fully saturated rings. The summed E-state index contributed by atoms with van der Waals surface area (Å²) < 4.78 is 14.4. The highest BCUT2D eigenvalue weighted by molar-refractivity contribution is 9.10. The van der Waals surface area contributed by atoms with Crippen LogP contribution in [0.1, 0.15) is 37.7 Å². The van der Waals surface area contributed by atoms with Crippen molar-refractivity contribution in [3.63, 3.8) is 0 Å². The van der Waals surface area contributed by atoms with Crippen molar-refractivity contribution in [2.75, 3.05) is 6.67 Å². The molecule has 1 aromatic rings. The monoisotopic (exact) mass is 270 g/mol. The van der Waals surface area contributed by atoms with E-state index in [0.717, 1.165) is 17.3 Å². The number of halogens is 2. The van der Waals surface area contributed by atoms with Gasteiger partial charge in [0.25, 0.3) is 0 Å². The molecule has 0 amide bonds. The van der Waals surface area contributed by atoms with Crippen LogP contribution < -0.4 is 0 Å². The van der Waals surface area contributed by atoms with Gasteiger partial charge >= 0.3 is 0 Å². The van der Waals surface area contributed by atoms with Gasteiger partial charge in [-0.15, -0.1) is 0 Å². The molecule has 0 N–H and O–H groups in total. The smallest absolute Gasteiger partial charge is 0.0990 e. The summed E-state index contributed by atoms with van der Waals surface area (Å²) in [6, 6.07) is 8.16. The predicted molar refractivity (Wildman–Crippen MR) is 64.9 cm³/mol. The van der Waals surface area contributed by atoms with E-state index in [4.69, 9.17) is 0 Å². The second-order valence-corrected chi connectivity index (χ2v) is 5.40. The highest BCUT2D eigenvalue weighted by atomic mass is 79.9. The molecule has 1 saturated carbocycles. The van der Waals surface area contributed by atoms with Crippen molar-refractivity contribution in [1.29, 1.82) is 0 Å². The number of benzene rings is 1. The van der Waals surface area contributed by atoms with Gasteiger partial charge in [0.15, 0.2) is 0 Å². The summed E-state index contributed by atoms with van der Waals surface area (Å²) in [6.07, 6.45) is 5.61. The molecule has 2 rings (SSSR count). The normalized spacial score (nSPS) is 20.1. The minimum Gasteiger partial charge on any atom is -0.250 e. The van der Waals surface area contributed by atoms with Crippen LogP contribution in [0.25, 0.3) is 0 Å². The van der Waals surface area contributed by atoms with Crippen molar-refractivity contribution in [2.24, 2.45) is 0 Å². The van der Waals surface area contributed by atoms with Gasteiger partial charge in [-0.2, -0.15) is 0 Å². The van der Waals surface area contributed by atoms with Crippen LogP contribution >= 0.6 is 15.9 Å². The van der Waals surface area contributed by atoms with Crippen LogP contribution in [0.4, 0.5) is 4.39 Å². The molecule has 2 heteroatoms. The van der Waals surface area contributed by atoms with E-state index in [0.29, 0.717) is 0 Å². The van der Waals surface area contributed by atoms with Crippen LogP contribution in [0.15, 0.2) is 28.7 Å². The van der Waals surface area contributed by atoms with Crippen LogP contribution in [-0.4, -0.2) is 6.67 Å². The quantitative estimate of drug-likeness (QED) is 0.736. The molecule has 0 unspecified atom stereocenters. The molecule has 1 aromatic carbocycles.